The number of fused-ring (bicyclic) bond motifs is 24. The smallest absolute Gasteiger partial charge is 0.160 e. The summed E-state index contributed by atoms with van der Waals surface area (Å²) in [4.78, 5) is 31.3. The molecule has 0 amide bonds. The summed E-state index contributed by atoms with van der Waals surface area (Å²) in [5.41, 5.74) is 33.3. The molecule has 128 heavy (non-hydrogen) atoms. The molecule has 0 saturated heterocycles. The SMILES string of the molecule is c1ccc(-c2cc(-c3ccc(-c4cccc(-c5nc6ccccc6c6cc7c(cc56)Oc5ccccc5C75c6ccccc6-c6ccccc65)c4)cc3)nc(-c3ccccc3)n2)cc1.c1ccc(-c2cccc(-c3cc(-c4cccc(-c5nc6ccccc6c6cc7c(cc56)Oc5ccccc5C75c6ccccc6-c6ccccc65)c4)nc(-c4ccccc4)n3)c2)cc1. The van der Waals surface area contributed by atoms with Crippen molar-refractivity contribution in [3.8, 4) is 158 Å². The van der Waals surface area contributed by atoms with Crippen LogP contribution in [-0.4, -0.2) is 29.9 Å². The Kier molecular flexibility index (Phi) is 17.3. The molecule has 0 fully saturated rings. The highest BCUT2D eigenvalue weighted by atomic mass is 16.5. The summed E-state index contributed by atoms with van der Waals surface area (Å²) in [5.74, 6) is 4.78. The number of benzene rings is 18. The van der Waals surface area contributed by atoms with E-state index in [0.29, 0.717) is 11.6 Å². The average molecular weight is 1630 g/mol. The second kappa shape index (κ2) is 30.0. The van der Waals surface area contributed by atoms with Gasteiger partial charge < -0.3 is 9.47 Å². The molecule has 596 valence electrons. The van der Waals surface area contributed by atoms with Crippen LogP contribution in [-0.2, 0) is 10.8 Å². The minimum Gasteiger partial charge on any atom is -0.457 e. The van der Waals surface area contributed by atoms with E-state index in [1.165, 1.54) is 44.5 Å². The number of hydrogen-bond acceptors (Lipinski definition) is 8. The monoisotopic (exact) mass is 1630 g/mol. The number of nitrogens with zero attached hydrogens (tertiary/aromatic N) is 6. The lowest BCUT2D eigenvalue weighted by molar-refractivity contribution is 0.437. The molecule has 2 aliphatic heterocycles. The van der Waals surface area contributed by atoms with E-state index in [0.717, 1.165) is 190 Å². The highest BCUT2D eigenvalue weighted by Gasteiger charge is 2.53. The van der Waals surface area contributed by atoms with Gasteiger partial charge in [-0.25, -0.2) is 29.9 Å². The summed E-state index contributed by atoms with van der Waals surface area (Å²) in [6.45, 7) is 0. The molecule has 0 atom stereocenters. The molecule has 0 N–H and O–H groups in total. The first kappa shape index (κ1) is 73.8. The highest BCUT2D eigenvalue weighted by molar-refractivity contribution is 6.14. The molecule has 0 unspecified atom stereocenters. The maximum Gasteiger partial charge on any atom is 0.160 e. The van der Waals surface area contributed by atoms with Crippen LogP contribution in [0.15, 0.2) is 449 Å². The van der Waals surface area contributed by atoms with Crippen LogP contribution in [0.3, 0.4) is 0 Å². The Morgan fingerprint density at radius 3 is 0.867 bits per heavy atom. The van der Waals surface area contributed by atoms with E-state index >= 15 is 0 Å². The van der Waals surface area contributed by atoms with Crippen molar-refractivity contribution in [3.63, 3.8) is 0 Å². The van der Waals surface area contributed by atoms with Gasteiger partial charge in [-0.15, -0.1) is 0 Å². The van der Waals surface area contributed by atoms with Gasteiger partial charge in [-0.1, -0.05) is 370 Å². The predicted octanol–water partition coefficient (Wildman–Crippen LogP) is 30.0. The van der Waals surface area contributed by atoms with Gasteiger partial charge in [0.25, 0.3) is 0 Å². The van der Waals surface area contributed by atoms with Crippen molar-refractivity contribution in [2.24, 2.45) is 0 Å². The number of aromatic nitrogens is 6. The summed E-state index contributed by atoms with van der Waals surface area (Å²) in [6, 6.07) is 159. The molecule has 4 aromatic heterocycles. The highest BCUT2D eigenvalue weighted by Crippen LogP contribution is 2.65. The van der Waals surface area contributed by atoms with E-state index < -0.39 is 10.8 Å². The van der Waals surface area contributed by atoms with Crippen molar-refractivity contribution in [1.82, 2.24) is 29.9 Å². The number of rotatable bonds is 10. The van der Waals surface area contributed by atoms with Gasteiger partial charge in [0.05, 0.1) is 56.0 Å². The number of pyridine rings is 2. The fraction of sp³-hybridized carbons (Fsp3) is 0.0167. The third-order valence-electron chi connectivity index (χ3n) is 26.3. The second-order valence-corrected chi connectivity index (χ2v) is 33.3. The van der Waals surface area contributed by atoms with E-state index in [1.54, 1.807) is 0 Å². The molecule has 0 saturated carbocycles. The number of para-hydroxylation sites is 4. The van der Waals surface area contributed by atoms with E-state index in [4.69, 9.17) is 39.4 Å². The summed E-state index contributed by atoms with van der Waals surface area (Å²) in [5, 5.41) is 6.55. The molecule has 26 rings (SSSR count). The summed E-state index contributed by atoms with van der Waals surface area (Å²) < 4.78 is 14.0. The van der Waals surface area contributed by atoms with Gasteiger partial charge in [0.15, 0.2) is 11.6 Å². The third-order valence-corrected chi connectivity index (χ3v) is 26.3. The number of hydrogen-bond donors (Lipinski definition) is 0. The van der Waals surface area contributed by atoms with Crippen molar-refractivity contribution in [3.05, 3.63) is 493 Å². The lowest BCUT2D eigenvalue weighted by Gasteiger charge is -2.39. The average Bonchev–Trinajstić information content (AvgIpc) is 1.50. The van der Waals surface area contributed by atoms with Crippen molar-refractivity contribution >= 4 is 43.4 Å². The first-order valence-corrected chi connectivity index (χ1v) is 43.5. The van der Waals surface area contributed by atoms with Crippen molar-refractivity contribution in [2.75, 3.05) is 0 Å². The van der Waals surface area contributed by atoms with Crippen LogP contribution in [0, 0.1) is 0 Å². The fourth-order valence-electron chi connectivity index (χ4n) is 20.6. The predicted molar refractivity (Wildman–Crippen MR) is 519 cm³/mol. The molecule has 2 aliphatic carbocycles. The molecular formula is C120H74N6O2. The maximum absolute atomic E-state index is 7.00. The van der Waals surface area contributed by atoms with E-state index in [1.807, 2.05) is 60.7 Å². The lowest BCUT2D eigenvalue weighted by Crippen LogP contribution is -2.32. The van der Waals surface area contributed by atoms with Gasteiger partial charge in [0.1, 0.15) is 23.0 Å². The summed E-state index contributed by atoms with van der Waals surface area (Å²) in [7, 11) is 0. The van der Waals surface area contributed by atoms with Crippen LogP contribution in [0.25, 0.3) is 178 Å². The first-order valence-electron chi connectivity index (χ1n) is 43.5. The quantitative estimate of drug-likeness (QED) is 0.125. The zero-order valence-electron chi connectivity index (χ0n) is 69.2. The van der Waals surface area contributed by atoms with E-state index in [9.17, 15) is 0 Å². The molecule has 22 aromatic rings. The van der Waals surface area contributed by atoms with Crippen LogP contribution in [0.5, 0.6) is 23.0 Å². The largest absolute Gasteiger partial charge is 0.457 e. The van der Waals surface area contributed by atoms with Crippen molar-refractivity contribution in [2.45, 2.75) is 10.8 Å². The summed E-state index contributed by atoms with van der Waals surface area (Å²) >= 11 is 0. The first-order chi connectivity index (χ1) is 63.4. The minimum absolute atomic E-state index is 0.555. The van der Waals surface area contributed by atoms with Gasteiger partial charge in [0, 0.05) is 88.3 Å². The molecule has 8 nitrogen and oxygen atoms in total. The van der Waals surface area contributed by atoms with Crippen LogP contribution in [0.1, 0.15) is 44.5 Å². The normalized spacial score (nSPS) is 12.9. The Balaban J connectivity index is 0.000000139. The molecule has 4 aliphatic rings. The van der Waals surface area contributed by atoms with Crippen molar-refractivity contribution in [1.29, 1.82) is 0 Å². The molecular weight excluding hydrogens is 1560 g/mol. The molecule has 6 heterocycles. The Labute approximate surface area is 739 Å². The third kappa shape index (κ3) is 11.9. The Bertz CT molecular complexity index is 8110. The molecule has 18 aromatic carbocycles. The lowest BCUT2D eigenvalue weighted by atomic mass is 9.65. The maximum atomic E-state index is 7.00. The minimum atomic E-state index is -0.572. The van der Waals surface area contributed by atoms with Gasteiger partial charge in [-0.2, -0.15) is 0 Å². The topological polar surface area (TPSA) is 95.8 Å². The van der Waals surface area contributed by atoms with Crippen molar-refractivity contribution < 1.29 is 9.47 Å². The van der Waals surface area contributed by atoms with Gasteiger partial charge in [-0.3, -0.25) is 0 Å². The van der Waals surface area contributed by atoms with Gasteiger partial charge in [0.2, 0.25) is 0 Å². The standard InChI is InChI=1S/2C60H37N3O/c1-3-17-38(18-4-1)40-21-15-22-41(33-40)54-37-55(63-59(62-54)39-19-5-2-6-20-39)42-23-16-24-43(34-42)58-48-36-57-52(35-47(48)46-27-9-13-31-53(46)61-58)60(51-30-12-14-32-56(51)64-57)49-28-10-7-25-44(49)45-26-8-11-29-50(45)60;1-3-16-39(17-4-1)54-37-55(63-59(62-54)41-18-5-2-6-19-41)40-32-30-38(31-33-40)42-20-15-21-43(34-42)58-48-36-57-52(35-47(48)46-24-9-13-28-53(46)61-58)60(51-27-12-14-29-56(51)64-57)49-25-10-7-22-44(49)45-23-8-11-26-50(45)60/h2*1-37H. The van der Waals surface area contributed by atoms with Crippen LogP contribution >= 0.6 is 0 Å². The van der Waals surface area contributed by atoms with Gasteiger partial charge in [-0.05, 0) is 156 Å². The van der Waals surface area contributed by atoms with Crippen LogP contribution < -0.4 is 9.47 Å². The Morgan fingerprint density at radius 2 is 0.445 bits per heavy atom. The molecule has 0 bridgehead atoms. The molecule has 0 radical (unpaired) electrons. The van der Waals surface area contributed by atoms with Gasteiger partial charge >= 0.3 is 0 Å². The Morgan fingerprint density at radius 1 is 0.156 bits per heavy atom. The fourth-order valence-corrected chi connectivity index (χ4v) is 20.6. The molecule has 2 spiro atoms. The number of ether oxygens (including phenoxy) is 2. The zero-order valence-corrected chi connectivity index (χ0v) is 69.2. The van der Waals surface area contributed by atoms with Crippen LogP contribution in [0.2, 0.25) is 0 Å². The molecule has 8 heteroatoms. The van der Waals surface area contributed by atoms with Crippen LogP contribution in [0.4, 0.5) is 0 Å². The second-order valence-electron chi connectivity index (χ2n) is 33.3. The van der Waals surface area contributed by atoms with E-state index in [-0.39, 0.29) is 0 Å². The van der Waals surface area contributed by atoms with E-state index in [2.05, 4.69) is 388 Å². The Hall–Kier alpha value is -16.9. The summed E-state index contributed by atoms with van der Waals surface area (Å²) in [6.07, 6.45) is 0. The zero-order chi connectivity index (χ0) is 84.4.